The molecule has 0 saturated heterocycles. The predicted molar refractivity (Wildman–Crippen MR) is 61.4 cm³/mol. The third-order valence-corrected chi connectivity index (χ3v) is 2.72. The van der Waals surface area contributed by atoms with Gasteiger partial charge in [-0.25, -0.2) is 0 Å². The zero-order valence-electron chi connectivity index (χ0n) is 9.54. The molecule has 17 heavy (non-hydrogen) atoms. The first-order chi connectivity index (χ1) is 8.13. The molecule has 1 aliphatic rings. The lowest BCUT2D eigenvalue weighted by molar-refractivity contribution is -0.119. The highest BCUT2D eigenvalue weighted by atomic mass is 16.2. The van der Waals surface area contributed by atoms with Crippen molar-refractivity contribution in [2.24, 2.45) is 0 Å². The van der Waals surface area contributed by atoms with Crippen LogP contribution in [0.25, 0.3) is 0 Å². The Morgan fingerprint density at radius 1 is 1.53 bits per heavy atom. The van der Waals surface area contributed by atoms with Gasteiger partial charge in [-0.2, -0.15) is 5.10 Å². The van der Waals surface area contributed by atoms with Crippen molar-refractivity contribution in [3.63, 3.8) is 0 Å². The number of rotatable bonds is 4. The van der Waals surface area contributed by atoms with E-state index < -0.39 is 5.91 Å². The molecule has 0 bridgehead atoms. The van der Waals surface area contributed by atoms with E-state index in [0.29, 0.717) is 11.6 Å². The zero-order valence-corrected chi connectivity index (χ0v) is 9.54. The molecule has 0 unspecified atom stereocenters. The molecule has 0 aliphatic heterocycles. The van der Waals surface area contributed by atoms with Gasteiger partial charge in [0, 0.05) is 13.0 Å². The molecule has 2 amide bonds. The molecule has 7 nitrogen and oxygen atoms in total. The first kappa shape index (κ1) is 11.4. The summed E-state index contributed by atoms with van der Waals surface area (Å²) in [6.45, 7) is -0.0829. The molecule has 7 heteroatoms. The van der Waals surface area contributed by atoms with Gasteiger partial charge in [-0.1, -0.05) is 0 Å². The van der Waals surface area contributed by atoms with E-state index in [1.165, 1.54) is 7.05 Å². The number of aromatic nitrogens is 2. The Labute approximate surface area is 98.1 Å². The van der Waals surface area contributed by atoms with Gasteiger partial charge in [-0.15, -0.1) is 0 Å². The molecule has 0 spiro atoms. The van der Waals surface area contributed by atoms with Crippen molar-refractivity contribution in [1.82, 2.24) is 20.8 Å². The summed E-state index contributed by atoms with van der Waals surface area (Å²) < 4.78 is 0. The molecule has 1 aromatic heterocycles. The Kier molecular flexibility index (Phi) is 2.99. The second kappa shape index (κ2) is 4.44. The van der Waals surface area contributed by atoms with Gasteiger partial charge >= 0.3 is 0 Å². The van der Waals surface area contributed by atoms with Crippen LogP contribution in [0.5, 0.6) is 0 Å². The highest BCUT2D eigenvalue weighted by Crippen LogP contribution is 2.42. The van der Waals surface area contributed by atoms with Crippen LogP contribution in [-0.2, 0) is 4.79 Å². The average molecular weight is 237 g/mol. The summed E-state index contributed by atoms with van der Waals surface area (Å²) in [6.07, 6.45) is 2.15. The van der Waals surface area contributed by atoms with Gasteiger partial charge in [0.25, 0.3) is 5.91 Å². The summed E-state index contributed by atoms with van der Waals surface area (Å²) in [5.41, 5.74) is 7.21. The predicted octanol–water partition coefficient (Wildman–Crippen LogP) is -0.655. The largest absolute Gasteiger partial charge is 0.395 e. The summed E-state index contributed by atoms with van der Waals surface area (Å²) >= 11 is 0. The van der Waals surface area contributed by atoms with Crippen LogP contribution in [0.2, 0.25) is 0 Å². The lowest BCUT2D eigenvalue weighted by Gasteiger charge is -2.02. The van der Waals surface area contributed by atoms with Gasteiger partial charge in [-0.3, -0.25) is 14.7 Å². The molecule has 0 aromatic carbocycles. The molecular formula is C10H15N5O2. The van der Waals surface area contributed by atoms with E-state index in [4.69, 9.17) is 5.73 Å². The number of nitrogen functional groups attached to an aromatic ring is 1. The van der Waals surface area contributed by atoms with Crippen LogP contribution in [0.15, 0.2) is 0 Å². The average Bonchev–Trinajstić information content (AvgIpc) is 3.09. The van der Waals surface area contributed by atoms with Crippen LogP contribution < -0.4 is 16.4 Å². The van der Waals surface area contributed by atoms with Crippen LogP contribution in [0, 0.1) is 0 Å². The number of amides is 2. The second-order valence-corrected chi connectivity index (χ2v) is 4.03. The summed E-state index contributed by atoms with van der Waals surface area (Å²) in [7, 11) is 1.50. The van der Waals surface area contributed by atoms with Crippen molar-refractivity contribution in [3.05, 3.63) is 11.4 Å². The topological polar surface area (TPSA) is 113 Å². The summed E-state index contributed by atoms with van der Waals surface area (Å²) in [4.78, 5) is 22.7. The maximum absolute atomic E-state index is 11.7. The van der Waals surface area contributed by atoms with E-state index in [2.05, 4.69) is 20.8 Å². The standard InChI is InChI=1S/C10H15N5O2/c1-12-6(16)4-13-10(17)9-7(11)8(14-15-9)5-2-3-5/h5H,2-4,11H2,1H3,(H,12,16)(H,13,17)(H,14,15). The first-order valence-corrected chi connectivity index (χ1v) is 5.46. The number of anilines is 1. The minimum atomic E-state index is -0.436. The fourth-order valence-electron chi connectivity index (χ4n) is 1.55. The third kappa shape index (κ3) is 2.38. The van der Waals surface area contributed by atoms with Gasteiger partial charge in [0.1, 0.15) is 0 Å². The minimum Gasteiger partial charge on any atom is -0.395 e. The molecular weight excluding hydrogens is 222 g/mol. The normalized spacial score (nSPS) is 14.4. The first-order valence-electron chi connectivity index (χ1n) is 5.46. The van der Waals surface area contributed by atoms with Crippen LogP contribution in [0.3, 0.4) is 0 Å². The molecule has 1 heterocycles. The van der Waals surface area contributed by atoms with Crippen LogP contribution in [-0.4, -0.2) is 35.6 Å². The number of likely N-dealkylation sites (N-methyl/N-ethyl adjacent to an activating group) is 1. The monoisotopic (exact) mass is 237 g/mol. The van der Waals surface area contributed by atoms with Crippen LogP contribution >= 0.6 is 0 Å². The zero-order chi connectivity index (χ0) is 12.4. The van der Waals surface area contributed by atoms with E-state index in [1.54, 1.807) is 0 Å². The van der Waals surface area contributed by atoms with E-state index in [-0.39, 0.29) is 18.1 Å². The molecule has 1 fully saturated rings. The summed E-state index contributed by atoms with van der Waals surface area (Å²) in [5.74, 6) is -0.299. The summed E-state index contributed by atoms with van der Waals surface area (Å²) in [5, 5.41) is 11.5. The molecule has 92 valence electrons. The van der Waals surface area contributed by atoms with Crippen molar-refractivity contribution in [3.8, 4) is 0 Å². The number of carbonyl (C=O) groups excluding carboxylic acids is 2. The van der Waals surface area contributed by atoms with E-state index in [0.717, 1.165) is 18.5 Å². The van der Waals surface area contributed by atoms with Crippen molar-refractivity contribution in [2.75, 3.05) is 19.3 Å². The quantitative estimate of drug-likeness (QED) is 0.557. The molecule has 1 aromatic rings. The van der Waals surface area contributed by atoms with Gasteiger partial charge in [0.15, 0.2) is 5.69 Å². The molecule has 1 saturated carbocycles. The van der Waals surface area contributed by atoms with Crippen molar-refractivity contribution in [2.45, 2.75) is 18.8 Å². The maximum atomic E-state index is 11.7. The molecule has 5 N–H and O–H groups in total. The Balaban J connectivity index is 2.01. The number of nitrogens with zero attached hydrogens (tertiary/aromatic N) is 1. The highest BCUT2D eigenvalue weighted by Gasteiger charge is 2.30. The van der Waals surface area contributed by atoms with Gasteiger partial charge in [-0.05, 0) is 12.8 Å². The van der Waals surface area contributed by atoms with E-state index >= 15 is 0 Å². The van der Waals surface area contributed by atoms with Gasteiger partial charge in [0.05, 0.1) is 17.9 Å². The minimum absolute atomic E-state index is 0.0829. The molecule has 0 atom stereocenters. The number of nitrogens with one attached hydrogen (secondary N) is 3. The maximum Gasteiger partial charge on any atom is 0.274 e. The SMILES string of the molecule is CNC(=O)CNC(=O)c1n[nH]c(C2CC2)c1N. The Bertz CT molecular complexity index is 450. The number of carbonyl (C=O) groups is 2. The fourth-order valence-corrected chi connectivity index (χ4v) is 1.55. The summed E-state index contributed by atoms with van der Waals surface area (Å²) in [6, 6.07) is 0. The Morgan fingerprint density at radius 3 is 2.82 bits per heavy atom. The molecule has 0 radical (unpaired) electrons. The fraction of sp³-hybridized carbons (Fsp3) is 0.500. The number of aromatic amines is 1. The van der Waals surface area contributed by atoms with E-state index in [1.807, 2.05) is 0 Å². The lowest BCUT2D eigenvalue weighted by atomic mass is 10.2. The van der Waals surface area contributed by atoms with Crippen molar-refractivity contribution >= 4 is 17.5 Å². The van der Waals surface area contributed by atoms with Gasteiger partial charge < -0.3 is 16.4 Å². The lowest BCUT2D eigenvalue weighted by Crippen LogP contribution is -2.35. The Hall–Kier alpha value is -2.05. The highest BCUT2D eigenvalue weighted by molar-refractivity contribution is 5.99. The smallest absolute Gasteiger partial charge is 0.274 e. The van der Waals surface area contributed by atoms with Crippen molar-refractivity contribution in [1.29, 1.82) is 0 Å². The number of hydrogen-bond acceptors (Lipinski definition) is 4. The Morgan fingerprint density at radius 2 is 2.24 bits per heavy atom. The molecule has 1 aliphatic carbocycles. The molecule has 2 rings (SSSR count). The van der Waals surface area contributed by atoms with Gasteiger partial charge in [0.2, 0.25) is 5.91 Å². The van der Waals surface area contributed by atoms with E-state index in [9.17, 15) is 9.59 Å². The van der Waals surface area contributed by atoms with Crippen LogP contribution in [0.4, 0.5) is 5.69 Å². The van der Waals surface area contributed by atoms with Crippen LogP contribution in [0.1, 0.15) is 34.9 Å². The second-order valence-electron chi connectivity index (χ2n) is 4.03. The third-order valence-electron chi connectivity index (χ3n) is 2.72. The van der Waals surface area contributed by atoms with Crippen molar-refractivity contribution < 1.29 is 9.59 Å². The number of H-pyrrole nitrogens is 1. The number of nitrogens with two attached hydrogens (primary N) is 1. The number of hydrogen-bond donors (Lipinski definition) is 4.